The van der Waals surface area contributed by atoms with Crippen LogP contribution in [0.2, 0.25) is 5.02 Å². The molecule has 0 aliphatic carbocycles. The van der Waals surface area contributed by atoms with Gasteiger partial charge in [0.1, 0.15) is 5.82 Å². The Morgan fingerprint density at radius 2 is 2.12 bits per heavy atom. The van der Waals surface area contributed by atoms with Crippen LogP contribution < -0.4 is 11.1 Å². The molecule has 0 radical (unpaired) electrons. The number of halogens is 2. The third-order valence-electron chi connectivity index (χ3n) is 1.85. The van der Waals surface area contributed by atoms with Crippen molar-refractivity contribution in [1.29, 1.82) is 0 Å². The van der Waals surface area contributed by atoms with E-state index in [-0.39, 0.29) is 0 Å². The van der Waals surface area contributed by atoms with Crippen molar-refractivity contribution in [3.8, 4) is 0 Å². The van der Waals surface area contributed by atoms with Crippen LogP contribution in [0.5, 0.6) is 0 Å². The van der Waals surface area contributed by atoms with Gasteiger partial charge in [-0.15, -0.1) is 0 Å². The molecule has 1 aromatic heterocycles. The Hall–Kier alpha value is -1.33. The maximum absolute atomic E-state index is 6.02. The van der Waals surface area contributed by atoms with Crippen molar-refractivity contribution in [1.82, 2.24) is 9.97 Å². The summed E-state index contributed by atoms with van der Waals surface area (Å²) < 4.78 is 0.920. The minimum Gasteiger partial charge on any atom is -0.384 e. The summed E-state index contributed by atoms with van der Waals surface area (Å²) in [5, 5.41) is 3.58. The van der Waals surface area contributed by atoms with Crippen LogP contribution >= 0.6 is 27.5 Å². The van der Waals surface area contributed by atoms with E-state index in [1.54, 1.807) is 18.3 Å². The van der Waals surface area contributed by atoms with E-state index in [1.165, 1.54) is 0 Å². The van der Waals surface area contributed by atoms with Crippen LogP contribution in [0.4, 0.5) is 17.5 Å². The molecule has 0 amide bonds. The summed E-state index contributed by atoms with van der Waals surface area (Å²) in [5.41, 5.74) is 6.27. The molecule has 0 unspecified atom stereocenters. The van der Waals surface area contributed by atoms with Crippen molar-refractivity contribution in [2.24, 2.45) is 0 Å². The van der Waals surface area contributed by atoms with E-state index in [9.17, 15) is 0 Å². The lowest BCUT2D eigenvalue weighted by Gasteiger charge is -2.07. The van der Waals surface area contributed by atoms with Gasteiger partial charge in [-0.25, -0.2) is 4.98 Å². The number of anilines is 3. The standard InChI is InChI=1S/C10H8BrClN4/c11-6-1-2-7(12)8(5-6)15-10-14-4-3-9(13)16-10/h1-5H,(H3,13,14,15,16). The van der Waals surface area contributed by atoms with Crippen LogP contribution in [0.3, 0.4) is 0 Å². The van der Waals surface area contributed by atoms with E-state index in [4.69, 9.17) is 17.3 Å². The number of hydrogen-bond acceptors (Lipinski definition) is 4. The Kier molecular flexibility index (Phi) is 3.26. The summed E-state index contributed by atoms with van der Waals surface area (Å²) in [7, 11) is 0. The van der Waals surface area contributed by atoms with Crippen LogP contribution in [0.25, 0.3) is 0 Å². The highest BCUT2D eigenvalue weighted by Gasteiger charge is 2.03. The first-order valence-electron chi connectivity index (χ1n) is 4.46. The fourth-order valence-electron chi connectivity index (χ4n) is 1.15. The number of hydrogen-bond donors (Lipinski definition) is 2. The van der Waals surface area contributed by atoms with Gasteiger partial charge in [-0.05, 0) is 24.3 Å². The second-order valence-electron chi connectivity index (χ2n) is 3.05. The van der Waals surface area contributed by atoms with Crippen molar-refractivity contribution < 1.29 is 0 Å². The number of nitrogens with two attached hydrogens (primary N) is 1. The predicted octanol–water partition coefficient (Wildman–Crippen LogP) is 3.22. The maximum Gasteiger partial charge on any atom is 0.229 e. The summed E-state index contributed by atoms with van der Waals surface area (Å²) in [6, 6.07) is 7.09. The van der Waals surface area contributed by atoms with Gasteiger partial charge >= 0.3 is 0 Å². The fourth-order valence-corrected chi connectivity index (χ4v) is 1.67. The van der Waals surface area contributed by atoms with Gasteiger partial charge < -0.3 is 11.1 Å². The smallest absolute Gasteiger partial charge is 0.229 e. The molecule has 0 fully saturated rings. The second-order valence-corrected chi connectivity index (χ2v) is 4.38. The van der Waals surface area contributed by atoms with Gasteiger partial charge in [0, 0.05) is 10.7 Å². The van der Waals surface area contributed by atoms with E-state index < -0.39 is 0 Å². The average molecular weight is 300 g/mol. The molecule has 0 aliphatic rings. The maximum atomic E-state index is 6.02. The molecular weight excluding hydrogens is 291 g/mol. The number of nitrogen functional groups attached to an aromatic ring is 1. The summed E-state index contributed by atoms with van der Waals surface area (Å²) in [6.45, 7) is 0. The minimum absolute atomic E-state index is 0.406. The van der Waals surface area contributed by atoms with Gasteiger partial charge in [-0.2, -0.15) is 4.98 Å². The molecule has 0 saturated carbocycles. The molecule has 6 heteroatoms. The van der Waals surface area contributed by atoms with Crippen molar-refractivity contribution in [2.75, 3.05) is 11.1 Å². The minimum atomic E-state index is 0.406. The molecule has 0 saturated heterocycles. The highest BCUT2D eigenvalue weighted by molar-refractivity contribution is 9.10. The highest BCUT2D eigenvalue weighted by Crippen LogP contribution is 2.27. The van der Waals surface area contributed by atoms with Gasteiger partial charge in [0.05, 0.1) is 10.7 Å². The van der Waals surface area contributed by atoms with E-state index in [0.29, 0.717) is 16.8 Å². The quantitative estimate of drug-likeness (QED) is 0.893. The molecule has 0 spiro atoms. The molecule has 0 bridgehead atoms. The van der Waals surface area contributed by atoms with Gasteiger partial charge in [-0.3, -0.25) is 0 Å². The predicted molar refractivity (Wildman–Crippen MR) is 68.9 cm³/mol. The molecule has 82 valence electrons. The summed E-state index contributed by atoms with van der Waals surface area (Å²) in [4.78, 5) is 8.05. The zero-order valence-corrected chi connectivity index (χ0v) is 10.5. The van der Waals surface area contributed by atoms with E-state index in [2.05, 4.69) is 31.2 Å². The molecular formula is C10H8BrClN4. The van der Waals surface area contributed by atoms with Gasteiger partial charge in [-0.1, -0.05) is 27.5 Å². The zero-order chi connectivity index (χ0) is 11.5. The van der Waals surface area contributed by atoms with Gasteiger partial charge in [0.25, 0.3) is 0 Å². The highest BCUT2D eigenvalue weighted by atomic mass is 79.9. The van der Waals surface area contributed by atoms with Crippen molar-refractivity contribution in [2.45, 2.75) is 0 Å². The van der Waals surface area contributed by atoms with E-state index in [1.807, 2.05) is 12.1 Å². The molecule has 1 heterocycles. The first-order chi connectivity index (χ1) is 7.65. The Morgan fingerprint density at radius 3 is 2.88 bits per heavy atom. The summed E-state index contributed by atoms with van der Waals surface area (Å²) >= 11 is 9.38. The largest absolute Gasteiger partial charge is 0.384 e. The molecule has 1 aromatic carbocycles. The van der Waals surface area contributed by atoms with Crippen molar-refractivity contribution >= 4 is 45.0 Å². The summed E-state index contributed by atoms with van der Waals surface area (Å²) in [6.07, 6.45) is 1.58. The van der Waals surface area contributed by atoms with E-state index >= 15 is 0 Å². The molecule has 0 aliphatic heterocycles. The Labute approximate surface area is 106 Å². The van der Waals surface area contributed by atoms with Crippen LogP contribution in [-0.4, -0.2) is 9.97 Å². The van der Waals surface area contributed by atoms with E-state index in [0.717, 1.165) is 10.2 Å². The third-order valence-corrected chi connectivity index (χ3v) is 2.67. The number of aromatic nitrogens is 2. The number of benzene rings is 1. The summed E-state index contributed by atoms with van der Waals surface area (Å²) in [5.74, 6) is 0.823. The molecule has 2 aromatic rings. The lowest BCUT2D eigenvalue weighted by atomic mass is 10.3. The average Bonchev–Trinajstić information content (AvgIpc) is 2.24. The van der Waals surface area contributed by atoms with Gasteiger partial charge in [0.2, 0.25) is 5.95 Å². The molecule has 2 rings (SSSR count). The molecule has 16 heavy (non-hydrogen) atoms. The molecule has 0 atom stereocenters. The first-order valence-corrected chi connectivity index (χ1v) is 5.63. The number of nitrogens with zero attached hydrogens (tertiary/aromatic N) is 2. The molecule has 4 nitrogen and oxygen atoms in total. The van der Waals surface area contributed by atoms with Crippen LogP contribution in [0, 0.1) is 0 Å². The number of rotatable bonds is 2. The third kappa shape index (κ3) is 2.62. The topological polar surface area (TPSA) is 63.8 Å². The van der Waals surface area contributed by atoms with Crippen LogP contribution in [-0.2, 0) is 0 Å². The van der Waals surface area contributed by atoms with Crippen molar-refractivity contribution in [3.05, 3.63) is 40.0 Å². The SMILES string of the molecule is Nc1ccnc(Nc2cc(Br)ccc2Cl)n1. The Balaban J connectivity index is 2.30. The molecule has 3 N–H and O–H groups in total. The fraction of sp³-hybridized carbons (Fsp3) is 0. The first kappa shape index (κ1) is 11.2. The van der Waals surface area contributed by atoms with Crippen molar-refractivity contribution in [3.63, 3.8) is 0 Å². The van der Waals surface area contributed by atoms with Crippen LogP contribution in [0.1, 0.15) is 0 Å². The number of nitrogens with one attached hydrogen (secondary N) is 1. The normalized spacial score (nSPS) is 10.1. The Bertz CT molecular complexity index is 518. The monoisotopic (exact) mass is 298 g/mol. The van der Waals surface area contributed by atoms with Crippen LogP contribution in [0.15, 0.2) is 34.9 Å². The lowest BCUT2D eigenvalue weighted by Crippen LogP contribution is -1.99. The van der Waals surface area contributed by atoms with Gasteiger partial charge in [0.15, 0.2) is 0 Å². The lowest BCUT2D eigenvalue weighted by molar-refractivity contribution is 1.17. The second kappa shape index (κ2) is 4.67. The zero-order valence-electron chi connectivity index (χ0n) is 8.11. The Morgan fingerprint density at radius 1 is 1.31 bits per heavy atom.